The van der Waals surface area contributed by atoms with E-state index in [1.807, 2.05) is 0 Å². The van der Waals surface area contributed by atoms with Crippen LogP contribution in [0.4, 0.5) is 10.1 Å². The SMILES string of the molecule is COCC(CO)NC(=O)c1cc(N)c(C)c(F)c1. The minimum Gasteiger partial charge on any atom is -0.398 e. The van der Waals surface area contributed by atoms with Crippen LogP contribution in [0.1, 0.15) is 15.9 Å². The van der Waals surface area contributed by atoms with Crippen molar-refractivity contribution in [2.45, 2.75) is 13.0 Å². The fraction of sp³-hybridized carbons (Fsp3) is 0.417. The molecule has 1 atom stereocenters. The van der Waals surface area contributed by atoms with Crippen LogP contribution in [0.3, 0.4) is 0 Å². The first kappa shape index (κ1) is 14.4. The number of nitrogens with one attached hydrogen (secondary N) is 1. The van der Waals surface area contributed by atoms with Crippen LogP contribution in [-0.4, -0.2) is 37.4 Å². The number of hydrogen-bond acceptors (Lipinski definition) is 4. The average Bonchev–Trinajstić information content (AvgIpc) is 2.34. The van der Waals surface area contributed by atoms with Gasteiger partial charge in [0.05, 0.1) is 19.3 Å². The quantitative estimate of drug-likeness (QED) is 0.668. The maximum atomic E-state index is 13.4. The van der Waals surface area contributed by atoms with Crippen molar-refractivity contribution in [2.24, 2.45) is 0 Å². The van der Waals surface area contributed by atoms with E-state index in [-0.39, 0.29) is 24.5 Å². The second kappa shape index (κ2) is 6.32. The Morgan fingerprint density at radius 1 is 1.61 bits per heavy atom. The van der Waals surface area contributed by atoms with Gasteiger partial charge < -0.3 is 20.9 Å². The number of ether oxygens (including phenoxy) is 1. The molecular weight excluding hydrogens is 239 g/mol. The van der Waals surface area contributed by atoms with Crippen molar-refractivity contribution in [2.75, 3.05) is 26.1 Å². The standard InChI is InChI=1S/C12H17FN2O3/c1-7-10(13)3-8(4-11(7)14)12(17)15-9(5-16)6-18-2/h3-4,9,16H,5-6,14H2,1-2H3,(H,15,17). The number of nitrogens with two attached hydrogens (primary N) is 1. The molecule has 5 nitrogen and oxygen atoms in total. The number of rotatable bonds is 5. The minimum absolute atomic E-state index is 0.116. The summed E-state index contributed by atoms with van der Waals surface area (Å²) in [5, 5.41) is 11.5. The summed E-state index contributed by atoms with van der Waals surface area (Å²) >= 11 is 0. The first-order valence-corrected chi connectivity index (χ1v) is 5.45. The Bertz CT molecular complexity index is 414. The summed E-state index contributed by atoms with van der Waals surface area (Å²) in [4.78, 5) is 11.8. The number of hydrogen-bond donors (Lipinski definition) is 3. The Kier molecular flexibility index (Phi) is 5.06. The Balaban J connectivity index is 2.84. The Hall–Kier alpha value is -1.66. The van der Waals surface area contributed by atoms with Crippen LogP contribution >= 0.6 is 0 Å². The fourth-order valence-electron chi connectivity index (χ4n) is 1.44. The number of carbonyl (C=O) groups excluding carboxylic acids is 1. The van der Waals surface area contributed by atoms with Crippen LogP contribution in [0.2, 0.25) is 0 Å². The van der Waals surface area contributed by atoms with E-state index in [1.165, 1.54) is 20.1 Å². The lowest BCUT2D eigenvalue weighted by Gasteiger charge is -2.15. The minimum atomic E-state index is -0.535. The number of amides is 1. The number of anilines is 1. The molecule has 0 saturated carbocycles. The maximum absolute atomic E-state index is 13.4. The maximum Gasteiger partial charge on any atom is 0.251 e. The van der Waals surface area contributed by atoms with Crippen molar-refractivity contribution in [3.8, 4) is 0 Å². The second-order valence-corrected chi connectivity index (χ2v) is 3.98. The van der Waals surface area contributed by atoms with Crippen molar-refractivity contribution in [3.63, 3.8) is 0 Å². The number of methoxy groups -OCH3 is 1. The Morgan fingerprint density at radius 2 is 2.28 bits per heavy atom. The van der Waals surface area contributed by atoms with E-state index in [2.05, 4.69) is 5.32 Å². The highest BCUT2D eigenvalue weighted by Crippen LogP contribution is 2.17. The predicted molar refractivity (Wildman–Crippen MR) is 65.8 cm³/mol. The van der Waals surface area contributed by atoms with Gasteiger partial charge in [0, 0.05) is 23.9 Å². The molecule has 4 N–H and O–H groups in total. The van der Waals surface area contributed by atoms with Crippen LogP contribution in [0.15, 0.2) is 12.1 Å². The van der Waals surface area contributed by atoms with E-state index >= 15 is 0 Å². The third kappa shape index (κ3) is 3.41. The van der Waals surface area contributed by atoms with E-state index in [0.29, 0.717) is 5.56 Å². The first-order chi connectivity index (χ1) is 8.49. The van der Waals surface area contributed by atoms with Gasteiger partial charge in [-0.3, -0.25) is 4.79 Å². The molecular formula is C12H17FN2O3. The Labute approximate surface area is 105 Å². The number of benzene rings is 1. The van der Waals surface area contributed by atoms with Crippen LogP contribution in [-0.2, 0) is 4.74 Å². The normalized spacial score (nSPS) is 12.2. The molecule has 1 rings (SSSR count). The largest absolute Gasteiger partial charge is 0.398 e. The summed E-state index contributed by atoms with van der Waals surface area (Å²) in [5.74, 6) is -1.04. The number of nitrogen functional groups attached to an aromatic ring is 1. The summed E-state index contributed by atoms with van der Waals surface area (Å²) in [6.07, 6.45) is 0. The number of carbonyl (C=O) groups is 1. The highest BCUT2D eigenvalue weighted by Gasteiger charge is 2.15. The van der Waals surface area contributed by atoms with Crippen molar-refractivity contribution in [3.05, 3.63) is 29.1 Å². The van der Waals surface area contributed by atoms with E-state index in [0.717, 1.165) is 6.07 Å². The molecule has 1 aromatic rings. The lowest BCUT2D eigenvalue weighted by Crippen LogP contribution is -2.40. The molecule has 0 fully saturated rings. The lowest BCUT2D eigenvalue weighted by atomic mass is 10.1. The summed E-state index contributed by atoms with van der Waals surface area (Å²) in [6, 6.07) is 1.98. The molecule has 0 aromatic heterocycles. The van der Waals surface area contributed by atoms with E-state index in [4.69, 9.17) is 15.6 Å². The predicted octanol–water partition coefficient (Wildman–Crippen LogP) is 0.453. The molecule has 1 amide bonds. The van der Waals surface area contributed by atoms with E-state index in [9.17, 15) is 9.18 Å². The zero-order chi connectivity index (χ0) is 13.7. The monoisotopic (exact) mass is 256 g/mol. The fourth-order valence-corrected chi connectivity index (χ4v) is 1.44. The lowest BCUT2D eigenvalue weighted by molar-refractivity contribution is 0.0839. The Morgan fingerprint density at radius 3 is 2.78 bits per heavy atom. The van der Waals surface area contributed by atoms with Gasteiger partial charge in [0.2, 0.25) is 0 Å². The van der Waals surface area contributed by atoms with Gasteiger partial charge in [-0.1, -0.05) is 0 Å². The molecule has 0 aliphatic heterocycles. The molecule has 0 bridgehead atoms. The van der Waals surface area contributed by atoms with Crippen LogP contribution in [0, 0.1) is 12.7 Å². The highest BCUT2D eigenvalue weighted by molar-refractivity contribution is 5.95. The van der Waals surface area contributed by atoms with Gasteiger partial charge in [-0.2, -0.15) is 0 Å². The van der Waals surface area contributed by atoms with Crippen molar-refractivity contribution >= 4 is 11.6 Å². The van der Waals surface area contributed by atoms with E-state index in [1.54, 1.807) is 0 Å². The molecule has 0 aliphatic rings. The molecule has 6 heteroatoms. The van der Waals surface area contributed by atoms with Gasteiger partial charge in [0.25, 0.3) is 5.91 Å². The molecule has 0 aliphatic carbocycles. The topological polar surface area (TPSA) is 84.6 Å². The summed E-state index contributed by atoms with van der Waals surface area (Å²) < 4.78 is 18.3. The third-order valence-corrected chi connectivity index (χ3v) is 2.57. The molecule has 0 saturated heterocycles. The van der Waals surface area contributed by atoms with Gasteiger partial charge in [-0.05, 0) is 19.1 Å². The van der Waals surface area contributed by atoms with Crippen molar-refractivity contribution < 1.29 is 19.0 Å². The van der Waals surface area contributed by atoms with Crippen LogP contribution < -0.4 is 11.1 Å². The molecule has 1 aromatic carbocycles. The summed E-state index contributed by atoms with van der Waals surface area (Å²) in [5.41, 5.74) is 6.23. The van der Waals surface area contributed by atoms with Crippen LogP contribution in [0.5, 0.6) is 0 Å². The number of halogens is 1. The van der Waals surface area contributed by atoms with Gasteiger partial charge >= 0.3 is 0 Å². The number of aliphatic hydroxyl groups excluding tert-OH is 1. The van der Waals surface area contributed by atoms with Gasteiger partial charge in [0.1, 0.15) is 5.82 Å². The van der Waals surface area contributed by atoms with Gasteiger partial charge in [-0.25, -0.2) is 4.39 Å². The zero-order valence-electron chi connectivity index (χ0n) is 10.4. The third-order valence-electron chi connectivity index (χ3n) is 2.57. The molecule has 0 spiro atoms. The number of aliphatic hydroxyl groups is 1. The van der Waals surface area contributed by atoms with Crippen molar-refractivity contribution in [1.82, 2.24) is 5.32 Å². The molecule has 18 heavy (non-hydrogen) atoms. The van der Waals surface area contributed by atoms with Crippen molar-refractivity contribution in [1.29, 1.82) is 0 Å². The summed E-state index contributed by atoms with van der Waals surface area (Å²) in [6.45, 7) is 1.45. The highest BCUT2D eigenvalue weighted by atomic mass is 19.1. The molecule has 1 unspecified atom stereocenters. The zero-order valence-corrected chi connectivity index (χ0v) is 10.4. The second-order valence-electron chi connectivity index (χ2n) is 3.98. The molecule has 0 radical (unpaired) electrons. The van der Waals surface area contributed by atoms with E-state index < -0.39 is 17.8 Å². The molecule has 100 valence electrons. The first-order valence-electron chi connectivity index (χ1n) is 5.45. The average molecular weight is 256 g/mol. The van der Waals surface area contributed by atoms with Crippen LogP contribution in [0.25, 0.3) is 0 Å². The van der Waals surface area contributed by atoms with Gasteiger partial charge in [-0.15, -0.1) is 0 Å². The smallest absolute Gasteiger partial charge is 0.251 e. The molecule has 0 heterocycles. The van der Waals surface area contributed by atoms with Gasteiger partial charge in [0.15, 0.2) is 0 Å². The summed E-state index contributed by atoms with van der Waals surface area (Å²) in [7, 11) is 1.46.